The molecule has 13 heteroatoms. The summed E-state index contributed by atoms with van der Waals surface area (Å²) in [6.45, 7) is 4.02. The van der Waals surface area contributed by atoms with Gasteiger partial charge in [-0.25, -0.2) is 27.5 Å². The number of hydrogen-bond donors (Lipinski definition) is 0. The van der Waals surface area contributed by atoms with Crippen LogP contribution in [-0.2, 0) is 15.0 Å². The van der Waals surface area contributed by atoms with Crippen molar-refractivity contribution in [1.82, 2.24) is 0 Å². The van der Waals surface area contributed by atoms with Gasteiger partial charge in [-0.2, -0.15) is 10.5 Å². The van der Waals surface area contributed by atoms with Crippen LogP contribution in [0.3, 0.4) is 0 Å². The summed E-state index contributed by atoms with van der Waals surface area (Å²) in [5.41, 5.74) is -0.107. The Hall–Kier alpha value is -4.59. The van der Waals surface area contributed by atoms with E-state index in [4.69, 9.17) is 0 Å². The number of rotatable bonds is 4. The third-order valence-corrected chi connectivity index (χ3v) is 12.0. The molecule has 7 rings (SSSR count). The lowest BCUT2D eigenvalue weighted by molar-refractivity contribution is -0.123. The van der Waals surface area contributed by atoms with E-state index in [2.05, 4.69) is 9.98 Å². The predicted molar refractivity (Wildman–Crippen MR) is 168 cm³/mol. The van der Waals surface area contributed by atoms with Gasteiger partial charge in [-0.3, -0.25) is 14.4 Å². The van der Waals surface area contributed by atoms with Crippen LogP contribution in [0.5, 0.6) is 0 Å². The largest absolute Gasteiger partial charge is 0.292 e. The van der Waals surface area contributed by atoms with E-state index in [0.717, 1.165) is 33.0 Å². The van der Waals surface area contributed by atoms with Gasteiger partial charge in [0, 0.05) is 34.0 Å². The molecule has 2 saturated carbocycles. The van der Waals surface area contributed by atoms with Crippen molar-refractivity contribution in [3.8, 4) is 21.9 Å². The van der Waals surface area contributed by atoms with Crippen LogP contribution < -0.4 is 0 Å². The van der Waals surface area contributed by atoms with E-state index in [1.54, 1.807) is 12.1 Å². The lowest BCUT2D eigenvalue weighted by Crippen LogP contribution is -2.35. The number of hydrogen-bond acceptors (Lipinski definition) is 9. The number of allylic oxidation sites excluding steroid dienone is 2. The van der Waals surface area contributed by atoms with Gasteiger partial charge in [-0.15, -0.1) is 22.7 Å². The summed E-state index contributed by atoms with van der Waals surface area (Å²) in [6, 6.07) is 8.62. The number of carbonyl (C=O) groups excluding carboxylic acids is 3. The molecule has 47 heavy (non-hydrogen) atoms. The Morgan fingerprint density at radius 2 is 1.28 bits per heavy atom. The molecule has 0 amide bonds. The van der Waals surface area contributed by atoms with Crippen molar-refractivity contribution in [2.75, 3.05) is 0 Å². The molecule has 4 atom stereocenters. The highest BCUT2D eigenvalue weighted by atomic mass is 32.1. The van der Waals surface area contributed by atoms with Crippen LogP contribution in [-0.4, -0.2) is 41.1 Å². The molecule has 0 radical (unpaired) electrons. The number of nitrogens with zero attached hydrogens (tertiary/aromatic N) is 4. The predicted octanol–water partition coefficient (Wildman–Crippen LogP) is 7.87. The molecule has 0 aliphatic heterocycles. The number of nitriles is 2. The van der Waals surface area contributed by atoms with Gasteiger partial charge < -0.3 is 0 Å². The summed E-state index contributed by atoms with van der Waals surface area (Å²) in [5, 5.41) is 20.0. The number of thiophene rings is 2. The number of carbonyl (C=O) groups is 3. The number of benzene rings is 1. The number of fused-ring (bicyclic) bond motifs is 5. The maximum atomic E-state index is 14.2. The highest BCUT2D eigenvalue weighted by Crippen LogP contribution is 2.61. The molecule has 0 saturated heterocycles. The molecule has 3 aromatic rings. The quantitative estimate of drug-likeness (QED) is 0.206. The fourth-order valence-electron chi connectivity index (χ4n) is 7.37. The topological polar surface area (TPSA) is 124 Å². The summed E-state index contributed by atoms with van der Waals surface area (Å²) >= 11 is 2.50. The minimum absolute atomic E-state index is 0.0875. The van der Waals surface area contributed by atoms with Gasteiger partial charge in [0.05, 0.1) is 9.75 Å². The number of Topliss-reactive ketones (excluding diaryl/α,β-unsaturated/α-hetero) is 3. The summed E-state index contributed by atoms with van der Waals surface area (Å²) in [5.74, 6) is -6.18. The minimum Gasteiger partial charge on any atom is -0.292 e. The number of alkyl halides is 2. The second-order valence-electron chi connectivity index (χ2n) is 11.9. The van der Waals surface area contributed by atoms with Crippen LogP contribution >= 0.6 is 22.7 Å². The fraction of sp³-hybridized carbons (Fsp3) is 0.324. The Kier molecular flexibility index (Phi) is 7.26. The van der Waals surface area contributed by atoms with E-state index in [9.17, 15) is 42.5 Å². The lowest BCUT2D eigenvalue weighted by Gasteiger charge is -2.27. The third kappa shape index (κ3) is 4.36. The van der Waals surface area contributed by atoms with Gasteiger partial charge in [-0.1, -0.05) is 13.8 Å². The van der Waals surface area contributed by atoms with Crippen LogP contribution in [0.1, 0.15) is 66.6 Å². The Morgan fingerprint density at radius 3 is 1.74 bits per heavy atom. The lowest BCUT2D eigenvalue weighted by atomic mass is 9.75. The molecule has 0 spiro atoms. The average molecular weight is 675 g/mol. The number of ketones is 3. The fourth-order valence-corrected chi connectivity index (χ4v) is 9.80. The Balaban J connectivity index is 1.32. The van der Waals surface area contributed by atoms with Crippen molar-refractivity contribution in [2.45, 2.75) is 57.3 Å². The zero-order valence-electron chi connectivity index (χ0n) is 24.8. The Labute approximate surface area is 273 Å². The van der Waals surface area contributed by atoms with Crippen LogP contribution in [0.4, 0.5) is 27.6 Å². The number of aliphatic imine (C=N–C) groups is 2. The molecule has 2 aromatic heterocycles. The van der Waals surface area contributed by atoms with Crippen molar-refractivity contribution < 1.29 is 31.9 Å². The van der Waals surface area contributed by atoms with Crippen LogP contribution in [0.2, 0.25) is 0 Å². The molecule has 0 N–H and O–H groups in total. The monoisotopic (exact) mass is 674 g/mol. The van der Waals surface area contributed by atoms with Gasteiger partial charge in [0.15, 0.2) is 28.9 Å². The molecule has 236 valence electrons. The van der Waals surface area contributed by atoms with Gasteiger partial charge in [-0.05, 0) is 61.1 Å². The molecular weight excluding hydrogens is 653 g/mol. The summed E-state index contributed by atoms with van der Waals surface area (Å²) < 4.78 is 56.4. The highest BCUT2D eigenvalue weighted by molar-refractivity contribution is 7.26. The van der Waals surface area contributed by atoms with E-state index in [1.165, 1.54) is 22.7 Å². The highest BCUT2D eigenvalue weighted by Gasteiger charge is 2.53. The second-order valence-corrected chi connectivity index (χ2v) is 14.0. The second kappa shape index (κ2) is 11.0. The molecular formula is C34H22F4N4O3S2. The Morgan fingerprint density at radius 1 is 0.809 bits per heavy atom. The molecule has 2 fully saturated rings. The van der Waals surface area contributed by atoms with Crippen LogP contribution in [0.25, 0.3) is 15.3 Å². The van der Waals surface area contributed by atoms with Gasteiger partial charge >= 0.3 is 0 Å². The first-order chi connectivity index (χ1) is 22.5. The molecule has 4 aliphatic carbocycles. The van der Waals surface area contributed by atoms with Crippen molar-refractivity contribution in [3.05, 3.63) is 63.7 Å². The zero-order chi connectivity index (χ0) is 33.5. The molecule has 4 aliphatic rings. The third-order valence-electron chi connectivity index (χ3n) is 9.80. The smallest absolute Gasteiger partial charge is 0.212 e. The molecule has 4 unspecified atom stereocenters. The summed E-state index contributed by atoms with van der Waals surface area (Å²) in [4.78, 5) is 50.2. The van der Waals surface area contributed by atoms with E-state index >= 15 is 0 Å². The van der Waals surface area contributed by atoms with Gasteiger partial charge in [0.25, 0.3) is 0 Å². The van der Waals surface area contributed by atoms with E-state index < -0.39 is 64.2 Å². The van der Waals surface area contributed by atoms with Gasteiger partial charge in [0.1, 0.15) is 45.8 Å². The first-order valence-corrected chi connectivity index (χ1v) is 16.5. The SMILES string of the molecule is CCC1(CC)c2cc(N=C3C(=O)C4CC(F)C(F)CC4C3=O)sc2-c2sc(N=C3C(=O)c4cc(F)c(F)cc4C3=C(C#N)C#N)cc21. The summed E-state index contributed by atoms with van der Waals surface area (Å²) in [6.07, 6.45) is -2.96. The normalized spacial score (nSPS) is 24.6. The maximum Gasteiger partial charge on any atom is 0.212 e. The maximum absolute atomic E-state index is 14.2. The molecule has 1 aromatic carbocycles. The van der Waals surface area contributed by atoms with Crippen LogP contribution in [0, 0.1) is 46.1 Å². The van der Waals surface area contributed by atoms with Gasteiger partial charge in [0.2, 0.25) is 5.78 Å². The van der Waals surface area contributed by atoms with E-state index in [1.807, 2.05) is 26.0 Å². The van der Waals surface area contributed by atoms with E-state index in [-0.39, 0.29) is 41.0 Å². The zero-order valence-corrected chi connectivity index (χ0v) is 26.4. The van der Waals surface area contributed by atoms with Crippen molar-refractivity contribution >= 4 is 67.0 Å². The van der Waals surface area contributed by atoms with E-state index in [0.29, 0.717) is 22.8 Å². The minimum atomic E-state index is -1.79. The average Bonchev–Trinajstić information content (AvgIpc) is 3.82. The molecule has 0 bridgehead atoms. The first kappa shape index (κ1) is 31.0. The molecule has 2 heterocycles. The molecule has 7 nitrogen and oxygen atoms in total. The van der Waals surface area contributed by atoms with Crippen molar-refractivity contribution in [2.24, 2.45) is 21.8 Å². The first-order valence-electron chi connectivity index (χ1n) is 14.9. The van der Waals surface area contributed by atoms with Crippen molar-refractivity contribution in [3.63, 3.8) is 0 Å². The number of halogens is 4. The summed E-state index contributed by atoms with van der Waals surface area (Å²) in [7, 11) is 0. The van der Waals surface area contributed by atoms with Crippen LogP contribution in [0.15, 0.2) is 39.8 Å². The Bertz CT molecular complexity index is 2100. The van der Waals surface area contributed by atoms with Crippen molar-refractivity contribution in [1.29, 1.82) is 10.5 Å². The standard InChI is InChI=1S/C34H22F4N4O3S2/c1-3-34(4-2)18-9-24(41-27-26(13(11-39)12-40)14-5-20(35)21(36)6-15(14)29(27)43)46-32(18)33-19(34)10-25(47-33)42-28-30(44)16-7-22(37)23(38)8-17(16)31(28)45/h5-6,9-10,16-17,22-23H,3-4,7-8H2,1-2H3.